The fraction of sp³-hybridized carbons (Fsp3) is 0.219. The molecule has 9 nitrogen and oxygen atoms in total. The van der Waals surface area contributed by atoms with Crippen molar-refractivity contribution >= 4 is 119 Å². The normalized spacial score (nSPS) is 14.4. The number of rotatable bonds is 9. The number of nitrogens with one attached hydrogen (secondary N) is 2. The quantitative estimate of drug-likeness (QED) is 0.0737. The molecule has 46 heavy (non-hydrogen) atoms. The number of hydrogen-bond donors (Lipinski definition) is 6. The van der Waals surface area contributed by atoms with Gasteiger partial charge in [0, 0.05) is 20.5 Å². The van der Waals surface area contributed by atoms with Crippen LogP contribution in [0.4, 0.5) is 4.79 Å². The third-order valence-electron chi connectivity index (χ3n) is 6.36. The minimum absolute atomic E-state index is 0.0273. The summed E-state index contributed by atoms with van der Waals surface area (Å²) in [5.41, 5.74) is 13.8. The van der Waals surface area contributed by atoms with E-state index < -0.39 is 0 Å². The lowest BCUT2D eigenvalue weighted by Gasteiger charge is -2.14. The van der Waals surface area contributed by atoms with Crippen molar-refractivity contribution in [2.24, 2.45) is 11.5 Å². The van der Waals surface area contributed by atoms with Crippen LogP contribution in [0, 0.1) is 14.3 Å². The van der Waals surface area contributed by atoms with Gasteiger partial charge in [0.1, 0.15) is 23.0 Å². The van der Waals surface area contributed by atoms with Crippen LogP contribution in [-0.4, -0.2) is 46.3 Å². The number of phenols is 2. The number of carbonyl (C=O) groups excluding carboxylic acids is 1. The van der Waals surface area contributed by atoms with Gasteiger partial charge in [0.25, 0.3) is 0 Å². The number of alkyl halides is 1. The number of urea groups is 1. The maximum atomic E-state index is 11.2. The van der Waals surface area contributed by atoms with E-state index in [1.807, 2.05) is 22.6 Å². The van der Waals surface area contributed by atoms with E-state index in [0.29, 0.717) is 29.5 Å². The molecule has 1 fully saturated rings. The topological polar surface area (TPSA) is 152 Å². The molecule has 246 valence electrons. The Morgan fingerprint density at radius 1 is 0.848 bits per heavy atom. The molecule has 1 aliphatic rings. The average Bonchev–Trinajstić information content (AvgIpc) is 3.43. The first-order chi connectivity index (χ1) is 22.4. The number of hydrogen-bond acceptors (Lipinski definition) is 7. The summed E-state index contributed by atoms with van der Waals surface area (Å²) in [5, 5.41) is 24.3. The SMILES string of the molecule is NC[C@@H](N)Cc1cc(I)c(Oc2ccc(O)cc2)c(I)c1.O=C1NC[C@H](Cc2cc(I)c(Oc3ccc(O)cc3)c(I)c2)N1.[2H]CI. The summed E-state index contributed by atoms with van der Waals surface area (Å²) in [4.78, 5) is 11.7. The molecule has 2 amide bonds. The maximum Gasteiger partial charge on any atom is 0.315 e. The number of benzene rings is 4. The van der Waals surface area contributed by atoms with Crippen LogP contribution in [0.1, 0.15) is 12.5 Å². The Morgan fingerprint density at radius 3 is 1.63 bits per heavy atom. The summed E-state index contributed by atoms with van der Waals surface area (Å²) in [5.74, 6) is 3.41. The first-order valence-electron chi connectivity index (χ1n) is 14.4. The van der Waals surface area contributed by atoms with Crippen LogP contribution in [0.2, 0.25) is 0 Å². The van der Waals surface area contributed by atoms with E-state index in [1.165, 1.54) is 0 Å². The van der Waals surface area contributed by atoms with Gasteiger partial charge in [-0.15, -0.1) is 0 Å². The maximum absolute atomic E-state index is 11.2. The van der Waals surface area contributed by atoms with Crippen molar-refractivity contribution in [1.29, 1.82) is 0 Å². The number of halogens is 5. The summed E-state index contributed by atoms with van der Waals surface area (Å²) < 4.78 is 22.1. The molecule has 0 bridgehead atoms. The van der Waals surface area contributed by atoms with Crippen LogP contribution in [0.25, 0.3) is 0 Å². The molecule has 0 aliphatic carbocycles. The molecule has 4 aromatic rings. The highest BCUT2D eigenvalue weighted by molar-refractivity contribution is 14.1. The Hall–Kier alpha value is -1.08. The molecule has 2 atom stereocenters. The molecule has 5 rings (SSSR count). The zero-order valence-electron chi connectivity index (χ0n) is 25.3. The molecule has 0 aromatic heterocycles. The molecule has 8 N–H and O–H groups in total. The Bertz CT molecular complexity index is 1570. The van der Waals surface area contributed by atoms with E-state index in [9.17, 15) is 15.0 Å². The largest absolute Gasteiger partial charge is 0.508 e. The molecule has 0 spiro atoms. The molecule has 1 saturated heterocycles. The van der Waals surface area contributed by atoms with Crippen molar-refractivity contribution in [2.75, 3.05) is 18.0 Å². The Kier molecular flexibility index (Phi) is 16.2. The Morgan fingerprint density at radius 2 is 1.26 bits per heavy atom. The van der Waals surface area contributed by atoms with E-state index in [0.717, 1.165) is 49.7 Å². The highest BCUT2D eigenvalue weighted by Gasteiger charge is 2.21. The van der Waals surface area contributed by atoms with Crippen molar-refractivity contribution in [1.82, 2.24) is 10.6 Å². The Balaban J connectivity index is 0.000000237. The van der Waals surface area contributed by atoms with Gasteiger partial charge >= 0.3 is 6.03 Å². The molecule has 1 aliphatic heterocycles. The lowest BCUT2D eigenvalue weighted by atomic mass is 10.1. The van der Waals surface area contributed by atoms with Gasteiger partial charge in [-0.2, -0.15) is 0 Å². The Labute approximate surface area is 338 Å². The molecule has 1 heterocycles. The number of aromatic hydroxyl groups is 2. The standard InChI is InChI=1S/C16H14I2N2O3.C15H16I2N2O2.CH3I/c17-13-6-9(5-10-8-19-16(22)20-10)7-14(18)15(13)23-12-3-1-11(21)2-4-12;16-13-6-9(5-10(19)8-18)7-14(17)15(13)21-12-3-1-11(20)2-4-12;1-2/h1-4,6-7,10,21H,5,8H2,(H2,19,20,22);1-4,6-7,10,20H,5,8,18-19H2;1H3/t2*10-;/m00./s1/i;;1D. The van der Waals surface area contributed by atoms with Crippen molar-refractivity contribution in [3.05, 3.63) is 98.2 Å². The lowest BCUT2D eigenvalue weighted by molar-refractivity contribution is 0.247. The predicted molar refractivity (Wildman–Crippen MR) is 225 cm³/mol. The van der Waals surface area contributed by atoms with Crippen molar-refractivity contribution in [2.45, 2.75) is 24.9 Å². The second-order valence-corrected chi connectivity index (χ2v) is 14.6. The van der Waals surface area contributed by atoms with E-state index in [1.54, 1.807) is 48.5 Å². The summed E-state index contributed by atoms with van der Waals surface area (Å²) >= 11 is 11.0. The first kappa shape index (κ1) is 37.7. The van der Waals surface area contributed by atoms with Crippen LogP contribution in [-0.2, 0) is 12.8 Å². The number of ether oxygens (including phenoxy) is 2. The fourth-order valence-electron chi connectivity index (χ4n) is 4.22. The van der Waals surface area contributed by atoms with Gasteiger partial charge in [0.15, 0.2) is 11.5 Å². The third kappa shape index (κ3) is 12.4. The minimum atomic E-state index is -0.105. The average molecular weight is 1190 g/mol. The number of nitrogens with two attached hydrogens (primary N) is 2. The highest BCUT2D eigenvalue weighted by Crippen LogP contribution is 2.35. The van der Waals surface area contributed by atoms with E-state index >= 15 is 0 Å². The third-order valence-corrected chi connectivity index (χ3v) is 9.56. The smallest absolute Gasteiger partial charge is 0.315 e. The van der Waals surface area contributed by atoms with Crippen LogP contribution in [0.5, 0.6) is 34.5 Å². The van der Waals surface area contributed by atoms with E-state index in [4.69, 9.17) is 22.3 Å². The van der Waals surface area contributed by atoms with Gasteiger partial charge in [0.05, 0.1) is 20.3 Å². The highest BCUT2D eigenvalue weighted by atomic mass is 127. The van der Waals surface area contributed by atoms with Crippen LogP contribution in [0.3, 0.4) is 0 Å². The van der Waals surface area contributed by atoms with Crippen LogP contribution >= 0.6 is 113 Å². The second-order valence-electron chi connectivity index (χ2n) is 9.92. The monoisotopic (exact) mass is 1190 g/mol. The molecular formula is C32H33I5N4O5. The predicted octanol–water partition coefficient (Wildman–Crippen LogP) is 7.89. The van der Waals surface area contributed by atoms with Gasteiger partial charge in [-0.05, 0) is 192 Å². The number of amides is 2. The van der Waals surface area contributed by atoms with Crippen molar-refractivity contribution < 1.29 is 25.9 Å². The van der Waals surface area contributed by atoms with Crippen LogP contribution < -0.4 is 31.6 Å². The molecule has 0 saturated carbocycles. The van der Waals surface area contributed by atoms with Crippen LogP contribution in [0.15, 0.2) is 72.8 Å². The minimum Gasteiger partial charge on any atom is -0.508 e. The second kappa shape index (κ2) is 19.8. The molecule has 14 heteroatoms. The summed E-state index contributed by atoms with van der Waals surface area (Å²) in [7, 11) is 0. The van der Waals surface area contributed by atoms with Gasteiger partial charge < -0.3 is 41.8 Å². The van der Waals surface area contributed by atoms with Gasteiger partial charge in [-0.1, -0.05) is 22.6 Å². The van der Waals surface area contributed by atoms with Crippen molar-refractivity contribution in [3.8, 4) is 34.5 Å². The van der Waals surface area contributed by atoms with Gasteiger partial charge in [-0.3, -0.25) is 0 Å². The number of carbonyl (C=O) groups is 1. The lowest BCUT2D eigenvalue weighted by Crippen LogP contribution is -2.31. The number of phenolic OH excluding ortho intramolecular Hbond substituents is 2. The van der Waals surface area contributed by atoms with Crippen molar-refractivity contribution in [3.63, 3.8) is 0 Å². The van der Waals surface area contributed by atoms with E-state index in [-0.39, 0.29) is 29.6 Å². The zero-order chi connectivity index (χ0) is 34.5. The zero-order valence-corrected chi connectivity index (χ0v) is 35.1. The molecule has 0 radical (unpaired) electrons. The van der Waals surface area contributed by atoms with Gasteiger partial charge in [-0.25, -0.2) is 4.79 Å². The fourth-order valence-corrected chi connectivity index (χ4v) is 8.45. The molecule has 4 aromatic carbocycles. The summed E-state index contributed by atoms with van der Waals surface area (Å²) in [6.07, 6.45) is 1.53. The summed E-state index contributed by atoms with van der Waals surface area (Å²) in [6, 6.07) is 21.6. The first-order valence-corrected chi connectivity index (χ1v) is 19.5. The summed E-state index contributed by atoms with van der Waals surface area (Å²) in [6.45, 7) is 1.12. The molecular weight excluding hydrogens is 1150 g/mol. The van der Waals surface area contributed by atoms with E-state index in [2.05, 4.69) is 125 Å². The van der Waals surface area contributed by atoms with Gasteiger partial charge in [0.2, 0.25) is 0 Å². The molecule has 0 unspecified atom stereocenters.